The van der Waals surface area contributed by atoms with Crippen molar-refractivity contribution in [2.75, 3.05) is 4.90 Å². The number of nitrogens with zero attached hydrogens (tertiary/aromatic N) is 1. The topological polar surface area (TPSA) is 87.7 Å². The summed E-state index contributed by atoms with van der Waals surface area (Å²) in [6.07, 6.45) is 9.35. The number of amides is 3. The first-order chi connectivity index (χ1) is 15.5. The summed E-state index contributed by atoms with van der Waals surface area (Å²) in [4.78, 5) is 42.3. The molecule has 32 heavy (non-hydrogen) atoms. The first-order valence-electron chi connectivity index (χ1n) is 11.9. The highest BCUT2D eigenvalue weighted by Crippen LogP contribution is 2.56. The summed E-state index contributed by atoms with van der Waals surface area (Å²) < 4.78 is 6.37. The highest BCUT2D eigenvalue weighted by molar-refractivity contribution is 6.10. The standard InChI is InChI=1S/C25H29N3O4/c1-14-5-4-8-17(13-14)28-21(23(30)27-15-6-2-3-7-15)25-12-11-18(32-25)19(20(25)24(28)31)22(29)26-16-9-10-16/h4-5,8,11-13,15-16,18-21H,2-3,6-7,9-10H2,1H3,(H,26,29)(H,27,30)/t18-,19+,20-,21-,25-/m1/s1. The Morgan fingerprint density at radius 1 is 1.06 bits per heavy atom. The molecule has 7 heteroatoms. The summed E-state index contributed by atoms with van der Waals surface area (Å²) >= 11 is 0. The van der Waals surface area contributed by atoms with Crippen molar-refractivity contribution in [2.24, 2.45) is 11.8 Å². The van der Waals surface area contributed by atoms with Crippen LogP contribution in [0.2, 0.25) is 0 Å². The number of carbonyl (C=O) groups is 3. The zero-order valence-electron chi connectivity index (χ0n) is 18.3. The molecule has 1 aromatic rings. The molecule has 2 aliphatic carbocycles. The Labute approximate surface area is 187 Å². The van der Waals surface area contributed by atoms with E-state index in [4.69, 9.17) is 4.74 Å². The molecule has 3 heterocycles. The predicted octanol–water partition coefficient (Wildman–Crippen LogP) is 1.99. The maximum Gasteiger partial charge on any atom is 0.246 e. The van der Waals surface area contributed by atoms with Gasteiger partial charge >= 0.3 is 0 Å². The third-order valence-corrected chi connectivity index (χ3v) is 7.73. The monoisotopic (exact) mass is 435 g/mol. The van der Waals surface area contributed by atoms with Crippen LogP contribution in [0.1, 0.15) is 44.1 Å². The summed E-state index contributed by atoms with van der Waals surface area (Å²) in [5.41, 5.74) is 0.565. The summed E-state index contributed by atoms with van der Waals surface area (Å²) in [6.45, 7) is 1.96. The minimum atomic E-state index is -1.11. The van der Waals surface area contributed by atoms with Crippen LogP contribution in [-0.2, 0) is 19.1 Å². The third-order valence-electron chi connectivity index (χ3n) is 7.73. The Morgan fingerprint density at radius 3 is 2.50 bits per heavy atom. The van der Waals surface area contributed by atoms with Crippen LogP contribution in [0.5, 0.6) is 0 Å². The van der Waals surface area contributed by atoms with Gasteiger partial charge in [-0.2, -0.15) is 0 Å². The molecule has 2 bridgehead atoms. The summed E-state index contributed by atoms with van der Waals surface area (Å²) in [6, 6.07) is 7.12. The van der Waals surface area contributed by atoms with Crippen molar-refractivity contribution in [3.8, 4) is 0 Å². The van der Waals surface area contributed by atoms with Crippen molar-refractivity contribution in [1.29, 1.82) is 0 Å². The lowest BCUT2D eigenvalue weighted by Gasteiger charge is -2.33. The lowest BCUT2D eigenvalue weighted by molar-refractivity contribution is -0.132. The Balaban J connectivity index is 1.40. The van der Waals surface area contributed by atoms with Crippen LogP contribution in [0.15, 0.2) is 36.4 Å². The molecule has 3 amide bonds. The fourth-order valence-electron chi connectivity index (χ4n) is 6.10. The van der Waals surface area contributed by atoms with Gasteiger partial charge in [0.25, 0.3) is 0 Å². The van der Waals surface area contributed by atoms with E-state index in [0.717, 1.165) is 44.1 Å². The number of ether oxygens (including phenoxy) is 1. The molecule has 2 N–H and O–H groups in total. The number of nitrogens with one attached hydrogen (secondary N) is 2. The molecular formula is C25H29N3O4. The molecular weight excluding hydrogens is 406 g/mol. The van der Waals surface area contributed by atoms with Crippen molar-refractivity contribution >= 4 is 23.4 Å². The van der Waals surface area contributed by atoms with Gasteiger partial charge in [0.2, 0.25) is 17.7 Å². The van der Waals surface area contributed by atoms with Gasteiger partial charge in [-0.1, -0.05) is 37.1 Å². The van der Waals surface area contributed by atoms with E-state index in [9.17, 15) is 14.4 Å². The maximum atomic E-state index is 13.9. The van der Waals surface area contributed by atoms with Crippen molar-refractivity contribution in [1.82, 2.24) is 10.6 Å². The van der Waals surface area contributed by atoms with Gasteiger partial charge in [0.1, 0.15) is 11.6 Å². The fourth-order valence-corrected chi connectivity index (χ4v) is 6.10. The number of benzene rings is 1. The van der Waals surface area contributed by atoms with E-state index in [1.54, 1.807) is 4.90 Å². The summed E-state index contributed by atoms with van der Waals surface area (Å²) in [5, 5.41) is 6.24. The Bertz CT molecular complexity index is 1010. The van der Waals surface area contributed by atoms with Crippen LogP contribution in [0.4, 0.5) is 5.69 Å². The lowest BCUT2D eigenvalue weighted by atomic mass is 9.74. The minimum absolute atomic E-state index is 0.129. The normalized spacial score (nSPS) is 35.4. The van der Waals surface area contributed by atoms with E-state index in [-0.39, 0.29) is 29.8 Å². The molecule has 4 fully saturated rings. The molecule has 5 atom stereocenters. The SMILES string of the molecule is Cc1cccc(N2C(=O)[C@H]3[C@@H](C(=O)NC4CC4)[C@H]4C=C[C@]3(O4)[C@H]2C(=O)NC2CCCC2)c1. The number of hydrogen-bond donors (Lipinski definition) is 2. The fraction of sp³-hybridized carbons (Fsp3) is 0.560. The van der Waals surface area contributed by atoms with Gasteiger partial charge in [-0.25, -0.2) is 0 Å². The van der Waals surface area contributed by atoms with Crippen LogP contribution in [0, 0.1) is 18.8 Å². The van der Waals surface area contributed by atoms with Crippen LogP contribution >= 0.6 is 0 Å². The highest BCUT2D eigenvalue weighted by atomic mass is 16.5. The number of fused-ring (bicyclic) bond motifs is 1. The van der Waals surface area contributed by atoms with Gasteiger partial charge in [0.15, 0.2) is 0 Å². The molecule has 3 aliphatic heterocycles. The van der Waals surface area contributed by atoms with Gasteiger partial charge in [-0.3, -0.25) is 19.3 Å². The van der Waals surface area contributed by atoms with E-state index in [2.05, 4.69) is 10.6 Å². The highest BCUT2D eigenvalue weighted by Gasteiger charge is 2.73. The van der Waals surface area contributed by atoms with E-state index in [1.165, 1.54) is 0 Å². The third kappa shape index (κ3) is 2.94. The minimum Gasteiger partial charge on any atom is -0.359 e. The quantitative estimate of drug-likeness (QED) is 0.693. The maximum absolute atomic E-state index is 13.9. The van der Waals surface area contributed by atoms with Gasteiger partial charge in [-0.15, -0.1) is 0 Å². The first-order valence-corrected chi connectivity index (χ1v) is 11.9. The van der Waals surface area contributed by atoms with Crippen molar-refractivity contribution < 1.29 is 19.1 Å². The largest absolute Gasteiger partial charge is 0.359 e. The molecule has 6 rings (SSSR count). The van der Waals surface area contributed by atoms with Gasteiger partial charge < -0.3 is 15.4 Å². The van der Waals surface area contributed by atoms with Gasteiger partial charge in [0, 0.05) is 17.8 Å². The van der Waals surface area contributed by atoms with Crippen LogP contribution in [0.3, 0.4) is 0 Å². The second kappa shape index (κ2) is 7.17. The van der Waals surface area contributed by atoms with E-state index in [0.29, 0.717) is 5.69 Å². The predicted molar refractivity (Wildman–Crippen MR) is 118 cm³/mol. The number of hydrogen-bond acceptors (Lipinski definition) is 4. The smallest absolute Gasteiger partial charge is 0.246 e. The molecule has 5 aliphatic rings. The molecule has 2 saturated heterocycles. The molecule has 0 radical (unpaired) electrons. The van der Waals surface area contributed by atoms with Gasteiger partial charge in [-0.05, 0) is 50.3 Å². The van der Waals surface area contributed by atoms with E-state index < -0.39 is 29.6 Å². The molecule has 168 valence electrons. The number of anilines is 1. The van der Waals surface area contributed by atoms with Gasteiger partial charge in [0.05, 0.1) is 17.9 Å². The molecule has 1 aromatic carbocycles. The van der Waals surface area contributed by atoms with E-state index >= 15 is 0 Å². The molecule has 1 spiro atoms. The number of aryl methyl sites for hydroxylation is 1. The zero-order chi connectivity index (χ0) is 22.0. The molecule has 2 saturated carbocycles. The van der Waals surface area contributed by atoms with Crippen LogP contribution in [0.25, 0.3) is 0 Å². The molecule has 0 aromatic heterocycles. The Morgan fingerprint density at radius 2 is 1.78 bits per heavy atom. The average Bonchev–Trinajstić information content (AvgIpc) is 3.12. The lowest BCUT2D eigenvalue weighted by Crippen LogP contribution is -2.56. The van der Waals surface area contributed by atoms with Crippen LogP contribution < -0.4 is 15.5 Å². The zero-order valence-corrected chi connectivity index (χ0v) is 18.3. The van der Waals surface area contributed by atoms with E-state index in [1.807, 2.05) is 43.3 Å². The van der Waals surface area contributed by atoms with Crippen molar-refractivity contribution in [2.45, 2.75) is 75.3 Å². The Kier molecular flexibility index (Phi) is 4.47. The number of rotatable bonds is 5. The molecule has 0 unspecified atom stereocenters. The average molecular weight is 436 g/mol. The first kappa shape index (κ1) is 20.0. The summed E-state index contributed by atoms with van der Waals surface area (Å²) in [7, 11) is 0. The number of carbonyl (C=O) groups excluding carboxylic acids is 3. The molecule has 7 nitrogen and oxygen atoms in total. The van der Waals surface area contributed by atoms with Crippen molar-refractivity contribution in [3.05, 3.63) is 42.0 Å². The second-order valence-electron chi connectivity index (χ2n) is 10.0. The van der Waals surface area contributed by atoms with Crippen LogP contribution in [-0.4, -0.2) is 47.6 Å². The van der Waals surface area contributed by atoms with Crippen molar-refractivity contribution in [3.63, 3.8) is 0 Å². The Hall–Kier alpha value is -2.67. The summed E-state index contributed by atoms with van der Waals surface area (Å²) in [5.74, 6) is -1.84. The second-order valence-corrected chi connectivity index (χ2v) is 10.0.